The lowest BCUT2D eigenvalue weighted by atomic mass is 10.2. The first-order chi connectivity index (χ1) is 10.0. The largest absolute Gasteiger partial charge is 0.323 e. The topological polar surface area (TPSA) is 104 Å². The highest BCUT2D eigenvalue weighted by atomic mass is 35.5. The molecule has 0 saturated carbocycles. The molecule has 0 fully saturated rings. The molecule has 0 bridgehead atoms. The molecule has 106 valence electrons. The second-order valence-electron chi connectivity index (χ2n) is 4.28. The highest BCUT2D eigenvalue weighted by Crippen LogP contribution is 2.22. The van der Waals surface area contributed by atoms with Crippen molar-refractivity contribution in [3.05, 3.63) is 52.3 Å². The van der Waals surface area contributed by atoms with Gasteiger partial charge in [-0.25, -0.2) is 0 Å². The summed E-state index contributed by atoms with van der Waals surface area (Å²) in [5, 5.41) is 11.8. The molecule has 0 unspecified atom stereocenters. The van der Waals surface area contributed by atoms with E-state index in [2.05, 4.69) is 15.7 Å². The van der Waals surface area contributed by atoms with Crippen LogP contribution in [-0.4, -0.2) is 10.9 Å². The molecule has 1 amide bonds. The van der Waals surface area contributed by atoms with Crippen LogP contribution in [0.15, 0.2) is 30.5 Å². The van der Waals surface area contributed by atoms with E-state index in [-0.39, 0.29) is 10.9 Å². The number of halogens is 1. The van der Waals surface area contributed by atoms with Crippen LogP contribution in [-0.2, 0) is 0 Å². The fourth-order valence-electron chi connectivity index (χ4n) is 1.74. The number of nitriles is 1. The minimum absolute atomic E-state index is 0.273. The van der Waals surface area contributed by atoms with Crippen molar-refractivity contribution in [1.82, 2.24) is 4.98 Å². The van der Waals surface area contributed by atoms with E-state index in [1.54, 1.807) is 19.1 Å². The molecular formula is C14H12ClN5O. The number of pyridine rings is 1. The lowest BCUT2D eigenvalue weighted by molar-refractivity contribution is 0.102. The molecule has 1 aromatic carbocycles. The van der Waals surface area contributed by atoms with Gasteiger partial charge in [0, 0.05) is 17.6 Å². The number of hydrogen-bond donors (Lipinski definition) is 3. The number of nitrogens with one attached hydrogen (secondary N) is 2. The molecule has 0 aliphatic heterocycles. The van der Waals surface area contributed by atoms with Crippen LogP contribution >= 0.6 is 11.6 Å². The average molecular weight is 302 g/mol. The summed E-state index contributed by atoms with van der Waals surface area (Å²) in [4.78, 5) is 16.3. The van der Waals surface area contributed by atoms with Crippen LogP contribution in [0.2, 0.25) is 5.02 Å². The number of anilines is 2. The van der Waals surface area contributed by atoms with Crippen molar-refractivity contribution in [1.29, 1.82) is 5.26 Å². The van der Waals surface area contributed by atoms with Gasteiger partial charge in [0.15, 0.2) is 0 Å². The number of hydrazine groups is 1. The van der Waals surface area contributed by atoms with Gasteiger partial charge in [-0.1, -0.05) is 11.6 Å². The summed E-state index contributed by atoms with van der Waals surface area (Å²) in [6, 6.07) is 8.26. The molecule has 0 radical (unpaired) electrons. The summed E-state index contributed by atoms with van der Waals surface area (Å²) in [5.74, 6) is 5.02. The molecule has 0 atom stereocenters. The molecule has 0 saturated heterocycles. The zero-order chi connectivity index (χ0) is 15.4. The summed E-state index contributed by atoms with van der Waals surface area (Å²) in [6.07, 6.45) is 1.44. The van der Waals surface area contributed by atoms with Crippen molar-refractivity contribution in [2.24, 2.45) is 5.84 Å². The van der Waals surface area contributed by atoms with Crippen LogP contribution in [0.4, 0.5) is 11.4 Å². The van der Waals surface area contributed by atoms with Crippen molar-refractivity contribution in [2.75, 3.05) is 10.7 Å². The highest BCUT2D eigenvalue weighted by Gasteiger charge is 2.13. The molecule has 6 nitrogen and oxygen atoms in total. The van der Waals surface area contributed by atoms with Gasteiger partial charge in [0.25, 0.3) is 5.91 Å². The van der Waals surface area contributed by atoms with Crippen molar-refractivity contribution in [2.45, 2.75) is 6.92 Å². The minimum Gasteiger partial charge on any atom is -0.323 e. The number of aryl methyl sites for hydroxylation is 1. The maximum Gasteiger partial charge on any atom is 0.259 e. The molecule has 2 rings (SSSR count). The number of nitrogen functional groups attached to an aromatic ring is 1. The summed E-state index contributed by atoms with van der Waals surface area (Å²) in [6.45, 7) is 1.79. The fourth-order valence-corrected chi connectivity index (χ4v) is 1.96. The standard InChI is InChI=1S/C14H12ClN5O/c1-8-4-13(20-17)11(7-18-8)14(21)19-10-3-2-9(6-16)12(15)5-10/h2-5,7H,17H2,1H3,(H,18,20)(H,19,21). The van der Waals surface area contributed by atoms with E-state index < -0.39 is 0 Å². The van der Waals surface area contributed by atoms with Crippen molar-refractivity contribution in [3.8, 4) is 6.07 Å². The van der Waals surface area contributed by atoms with E-state index in [1.807, 2.05) is 6.07 Å². The Morgan fingerprint density at radius 2 is 2.19 bits per heavy atom. The third kappa shape index (κ3) is 3.28. The fraction of sp³-hybridized carbons (Fsp3) is 0.0714. The zero-order valence-electron chi connectivity index (χ0n) is 11.1. The van der Waals surface area contributed by atoms with E-state index in [4.69, 9.17) is 22.7 Å². The normalized spacial score (nSPS) is 9.81. The number of rotatable bonds is 3. The Morgan fingerprint density at radius 1 is 1.43 bits per heavy atom. The molecule has 0 aliphatic rings. The predicted octanol–water partition coefficient (Wildman–Crippen LogP) is 2.45. The van der Waals surface area contributed by atoms with Crippen LogP contribution in [0.1, 0.15) is 21.6 Å². The van der Waals surface area contributed by atoms with Gasteiger partial charge in [-0.3, -0.25) is 15.6 Å². The van der Waals surface area contributed by atoms with Crippen LogP contribution in [0.5, 0.6) is 0 Å². The second-order valence-corrected chi connectivity index (χ2v) is 4.68. The molecule has 7 heteroatoms. The summed E-state index contributed by atoms with van der Waals surface area (Å²) in [5.41, 5.74) is 4.80. The second kappa shape index (κ2) is 6.22. The predicted molar refractivity (Wildman–Crippen MR) is 80.9 cm³/mol. The van der Waals surface area contributed by atoms with E-state index in [9.17, 15) is 4.79 Å². The lowest BCUT2D eigenvalue weighted by Crippen LogP contribution is -2.18. The summed E-state index contributed by atoms with van der Waals surface area (Å²) < 4.78 is 0. The quantitative estimate of drug-likeness (QED) is 0.597. The van der Waals surface area contributed by atoms with E-state index in [1.165, 1.54) is 18.3 Å². The van der Waals surface area contributed by atoms with Crippen LogP contribution in [0.25, 0.3) is 0 Å². The molecule has 1 heterocycles. The molecule has 1 aromatic heterocycles. The minimum atomic E-state index is -0.378. The highest BCUT2D eigenvalue weighted by molar-refractivity contribution is 6.32. The Labute approximate surface area is 126 Å². The van der Waals surface area contributed by atoms with Crippen molar-refractivity contribution < 1.29 is 4.79 Å². The number of hydrogen-bond acceptors (Lipinski definition) is 5. The van der Waals surface area contributed by atoms with E-state index >= 15 is 0 Å². The molecule has 21 heavy (non-hydrogen) atoms. The Balaban J connectivity index is 2.26. The third-order valence-corrected chi connectivity index (χ3v) is 3.10. The van der Waals surface area contributed by atoms with Crippen LogP contribution in [0, 0.1) is 18.3 Å². The van der Waals surface area contributed by atoms with Gasteiger partial charge in [0.2, 0.25) is 0 Å². The molecular weight excluding hydrogens is 290 g/mol. The number of nitrogens with zero attached hydrogens (tertiary/aromatic N) is 2. The van der Waals surface area contributed by atoms with Crippen molar-refractivity contribution >= 4 is 28.9 Å². The smallest absolute Gasteiger partial charge is 0.259 e. The Hall–Kier alpha value is -2.62. The van der Waals surface area contributed by atoms with Gasteiger partial charge in [-0.15, -0.1) is 0 Å². The first-order valence-electron chi connectivity index (χ1n) is 5.99. The van der Waals surface area contributed by atoms with Gasteiger partial charge in [0.05, 0.1) is 21.8 Å². The van der Waals surface area contributed by atoms with E-state index in [0.29, 0.717) is 22.5 Å². The average Bonchev–Trinajstić information content (AvgIpc) is 2.47. The summed E-state index contributed by atoms with van der Waals surface area (Å²) >= 11 is 5.92. The number of amides is 1. The number of nitrogens with two attached hydrogens (primary N) is 1. The van der Waals surface area contributed by atoms with Crippen LogP contribution < -0.4 is 16.6 Å². The SMILES string of the molecule is Cc1cc(NN)c(C(=O)Nc2ccc(C#N)c(Cl)c2)cn1. The number of aromatic nitrogens is 1. The van der Waals surface area contributed by atoms with Gasteiger partial charge in [-0.05, 0) is 31.2 Å². The van der Waals surface area contributed by atoms with Gasteiger partial charge >= 0.3 is 0 Å². The summed E-state index contributed by atoms with van der Waals surface area (Å²) in [7, 11) is 0. The monoisotopic (exact) mass is 301 g/mol. The molecule has 4 N–H and O–H groups in total. The van der Waals surface area contributed by atoms with Gasteiger partial charge in [-0.2, -0.15) is 5.26 Å². The van der Waals surface area contributed by atoms with Crippen molar-refractivity contribution in [3.63, 3.8) is 0 Å². The molecule has 0 spiro atoms. The number of benzene rings is 1. The Morgan fingerprint density at radius 3 is 2.81 bits per heavy atom. The third-order valence-electron chi connectivity index (χ3n) is 2.79. The first-order valence-corrected chi connectivity index (χ1v) is 6.37. The van der Waals surface area contributed by atoms with Gasteiger partial charge < -0.3 is 10.7 Å². The maximum absolute atomic E-state index is 12.2. The van der Waals surface area contributed by atoms with Gasteiger partial charge in [0.1, 0.15) is 6.07 Å². The lowest BCUT2D eigenvalue weighted by Gasteiger charge is -2.10. The Bertz CT molecular complexity index is 739. The van der Waals surface area contributed by atoms with E-state index in [0.717, 1.165) is 5.69 Å². The first kappa shape index (κ1) is 14.8. The number of carbonyl (C=O) groups excluding carboxylic acids is 1. The zero-order valence-corrected chi connectivity index (χ0v) is 11.9. The number of carbonyl (C=O) groups is 1. The maximum atomic E-state index is 12.2. The molecule has 0 aliphatic carbocycles. The van der Waals surface area contributed by atoms with Crippen LogP contribution in [0.3, 0.4) is 0 Å². The Kier molecular flexibility index (Phi) is 4.38. The molecule has 2 aromatic rings.